The lowest BCUT2D eigenvalue weighted by atomic mass is 9.78. The van der Waals surface area contributed by atoms with Gasteiger partial charge in [0.05, 0.1) is 23.4 Å². The topological polar surface area (TPSA) is 57.2 Å². The van der Waals surface area contributed by atoms with Crippen molar-refractivity contribution >= 4 is 18.5 Å². The number of piperidine rings is 1. The second kappa shape index (κ2) is 8.43. The highest BCUT2D eigenvalue weighted by molar-refractivity contribution is 6.62. The van der Waals surface area contributed by atoms with Crippen LogP contribution in [0, 0.1) is 0 Å². The molecule has 1 amide bonds. The Kier molecular flexibility index (Phi) is 6.37. The predicted molar refractivity (Wildman–Crippen MR) is 109 cm³/mol. The molecule has 0 bridgehead atoms. The fraction of sp³-hybridized carbons (Fsp3) is 0.667. The molecule has 28 heavy (non-hydrogen) atoms. The molecule has 3 rings (SSSR count). The van der Waals surface area contributed by atoms with E-state index in [4.69, 9.17) is 18.8 Å². The molecule has 0 radical (unpaired) electrons. The molecule has 0 aromatic heterocycles. The molecular weight excluding hydrogens is 357 g/mol. The molecule has 2 heterocycles. The number of carbonyl (C=O) groups is 1. The Balaban J connectivity index is 1.86. The van der Waals surface area contributed by atoms with Gasteiger partial charge in [-0.1, -0.05) is 6.07 Å². The van der Waals surface area contributed by atoms with Gasteiger partial charge in [-0.3, -0.25) is 4.79 Å². The molecule has 1 aromatic carbocycles. The van der Waals surface area contributed by atoms with Crippen molar-refractivity contribution in [2.45, 2.75) is 58.2 Å². The van der Waals surface area contributed by atoms with Gasteiger partial charge in [0.1, 0.15) is 12.4 Å². The first-order chi connectivity index (χ1) is 13.2. The third-order valence-electron chi connectivity index (χ3n) is 5.95. The summed E-state index contributed by atoms with van der Waals surface area (Å²) in [5.74, 6) is 0.576. The maximum Gasteiger partial charge on any atom is 0.494 e. The minimum atomic E-state index is -0.492. The number of likely N-dealkylation sites (tertiary alicyclic amines) is 1. The van der Waals surface area contributed by atoms with Crippen molar-refractivity contribution in [3.8, 4) is 5.75 Å². The maximum atomic E-state index is 13.0. The monoisotopic (exact) mass is 389 g/mol. The predicted octanol–water partition coefficient (Wildman–Crippen LogP) is 2.64. The minimum Gasteiger partial charge on any atom is -0.490 e. The molecule has 0 N–H and O–H groups in total. The number of hydrogen-bond acceptors (Lipinski definition) is 5. The maximum absolute atomic E-state index is 13.0. The van der Waals surface area contributed by atoms with Crippen LogP contribution in [0.5, 0.6) is 5.75 Å². The van der Waals surface area contributed by atoms with Gasteiger partial charge in [0.2, 0.25) is 0 Å². The Hall–Kier alpha value is -1.57. The fourth-order valence-electron chi connectivity index (χ4n) is 3.46. The average Bonchev–Trinajstić information content (AvgIpc) is 2.89. The standard InChI is InChI=1S/C21H32BNO5/c1-20(2)21(3,4)28-22(27-20)16-9-10-17(18(15-16)26-14-13-25-5)19(24)23-11-7-6-8-12-23/h9-10,15H,6-8,11-14H2,1-5H3. The summed E-state index contributed by atoms with van der Waals surface area (Å²) in [5, 5.41) is 0. The van der Waals surface area contributed by atoms with E-state index in [-0.39, 0.29) is 5.91 Å². The molecular formula is C21H32BNO5. The Morgan fingerprint density at radius 1 is 1.07 bits per heavy atom. The number of methoxy groups -OCH3 is 1. The molecule has 2 saturated heterocycles. The smallest absolute Gasteiger partial charge is 0.490 e. The number of rotatable bonds is 6. The number of amides is 1. The summed E-state index contributed by atoms with van der Waals surface area (Å²) in [4.78, 5) is 15.0. The Morgan fingerprint density at radius 2 is 1.71 bits per heavy atom. The Bertz CT molecular complexity index is 684. The Morgan fingerprint density at radius 3 is 2.32 bits per heavy atom. The van der Waals surface area contributed by atoms with Gasteiger partial charge >= 0.3 is 7.12 Å². The van der Waals surface area contributed by atoms with E-state index in [0.29, 0.717) is 24.5 Å². The first-order valence-corrected chi connectivity index (χ1v) is 10.2. The highest BCUT2D eigenvalue weighted by Gasteiger charge is 2.51. The van der Waals surface area contributed by atoms with E-state index in [1.54, 1.807) is 7.11 Å². The first-order valence-electron chi connectivity index (χ1n) is 10.2. The van der Waals surface area contributed by atoms with Crippen LogP contribution in [-0.2, 0) is 14.0 Å². The molecule has 1 aromatic rings. The third kappa shape index (κ3) is 4.37. The largest absolute Gasteiger partial charge is 0.494 e. The second-order valence-corrected chi connectivity index (χ2v) is 8.54. The zero-order chi connectivity index (χ0) is 20.4. The molecule has 0 unspecified atom stereocenters. The van der Waals surface area contributed by atoms with E-state index in [2.05, 4.69) is 0 Å². The van der Waals surface area contributed by atoms with Gasteiger partial charge < -0.3 is 23.7 Å². The van der Waals surface area contributed by atoms with Gasteiger partial charge in [-0.05, 0) is 64.6 Å². The van der Waals surface area contributed by atoms with Crippen molar-refractivity contribution in [2.24, 2.45) is 0 Å². The van der Waals surface area contributed by atoms with Gasteiger partial charge in [0.25, 0.3) is 5.91 Å². The molecule has 154 valence electrons. The summed E-state index contributed by atoms with van der Waals surface area (Å²) in [6.45, 7) is 10.5. The number of nitrogens with zero attached hydrogens (tertiary/aromatic N) is 1. The van der Waals surface area contributed by atoms with Gasteiger partial charge in [-0.25, -0.2) is 0 Å². The summed E-state index contributed by atoms with van der Waals surface area (Å²) in [6, 6.07) is 5.61. The average molecular weight is 389 g/mol. The highest BCUT2D eigenvalue weighted by atomic mass is 16.7. The molecule has 0 spiro atoms. The summed E-state index contributed by atoms with van der Waals surface area (Å²) in [5.41, 5.74) is 0.591. The van der Waals surface area contributed by atoms with E-state index in [1.165, 1.54) is 6.42 Å². The van der Waals surface area contributed by atoms with Crippen LogP contribution in [-0.4, -0.2) is 62.5 Å². The second-order valence-electron chi connectivity index (χ2n) is 8.54. The normalized spacial score (nSPS) is 21.0. The van der Waals surface area contributed by atoms with Crippen molar-refractivity contribution in [3.63, 3.8) is 0 Å². The number of ether oxygens (including phenoxy) is 2. The Labute approximate surface area is 168 Å². The summed E-state index contributed by atoms with van der Waals surface area (Å²) < 4.78 is 23.3. The fourth-order valence-corrected chi connectivity index (χ4v) is 3.46. The summed E-state index contributed by atoms with van der Waals surface area (Å²) >= 11 is 0. The molecule has 2 aliphatic heterocycles. The number of carbonyl (C=O) groups excluding carboxylic acids is 1. The number of benzene rings is 1. The lowest BCUT2D eigenvalue weighted by molar-refractivity contribution is 0.00578. The lowest BCUT2D eigenvalue weighted by Crippen LogP contribution is -2.41. The molecule has 7 heteroatoms. The van der Waals surface area contributed by atoms with E-state index in [1.807, 2.05) is 50.8 Å². The quantitative estimate of drug-likeness (QED) is 0.553. The summed E-state index contributed by atoms with van der Waals surface area (Å²) in [7, 11) is 1.14. The zero-order valence-electron chi connectivity index (χ0n) is 17.7. The first kappa shape index (κ1) is 21.2. The minimum absolute atomic E-state index is 0.0209. The van der Waals surface area contributed by atoms with E-state index >= 15 is 0 Å². The van der Waals surface area contributed by atoms with Gasteiger partial charge in [-0.2, -0.15) is 0 Å². The van der Waals surface area contributed by atoms with Gasteiger partial charge in [-0.15, -0.1) is 0 Å². The van der Waals surface area contributed by atoms with Crippen molar-refractivity contribution in [2.75, 3.05) is 33.4 Å². The lowest BCUT2D eigenvalue weighted by Gasteiger charge is -2.32. The van der Waals surface area contributed by atoms with Crippen molar-refractivity contribution in [3.05, 3.63) is 23.8 Å². The third-order valence-corrected chi connectivity index (χ3v) is 5.95. The molecule has 0 saturated carbocycles. The van der Waals surface area contributed by atoms with Crippen LogP contribution in [0.3, 0.4) is 0 Å². The zero-order valence-corrected chi connectivity index (χ0v) is 17.7. The van der Waals surface area contributed by atoms with Crippen molar-refractivity contribution in [1.29, 1.82) is 0 Å². The number of hydrogen-bond donors (Lipinski definition) is 0. The van der Waals surface area contributed by atoms with E-state index in [0.717, 1.165) is 31.4 Å². The van der Waals surface area contributed by atoms with Crippen LogP contribution >= 0.6 is 0 Å². The van der Waals surface area contributed by atoms with Gasteiger partial charge in [0, 0.05) is 20.2 Å². The van der Waals surface area contributed by atoms with Crippen molar-refractivity contribution < 1.29 is 23.6 Å². The SMILES string of the molecule is COCCOc1cc(B2OC(C)(C)C(C)(C)O2)ccc1C(=O)N1CCCCC1. The van der Waals surface area contributed by atoms with Crippen LogP contribution in [0.25, 0.3) is 0 Å². The van der Waals surface area contributed by atoms with Crippen LogP contribution in [0.2, 0.25) is 0 Å². The molecule has 2 aliphatic rings. The van der Waals surface area contributed by atoms with E-state index in [9.17, 15) is 4.79 Å². The highest BCUT2D eigenvalue weighted by Crippen LogP contribution is 2.36. The van der Waals surface area contributed by atoms with Gasteiger partial charge in [0.15, 0.2) is 0 Å². The van der Waals surface area contributed by atoms with Crippen LogP contribution in [0.4, 0.5) is 0 Å². The molecule has 6 nitrogen and oxygen atoms in total. The summed E-state index contributed by atoms with van der Waals surface area (Å²) in [6.07, 6.45) is 3.29. The van der Waals surface area contributed by atoms with Crippen LogP contribution < -0.4 is 10.2 Å². The van der Waals surface area contributed by atoms with Crippen LogP contribution in [0.1, 0.15) is 57.3 Å². The van der Waals surface area contributed by atoms with Crippen LogP contribution in [0.15, 0.2) is 18.2 Å². The molecule has 2 fully saturated rings. The van der Waals surface area contributed by atoms with E-state index < -0.39 is 18.3 Å². The van der Waals surface area contributed by atoms with Crippen molar-refractivity contribution in [1.82, 2.24) is 4.90 Å². The molecule has 0 atom stereocenters. The molecule has 0 aliphatic carbocycles.